The average molecular weight is 300 g/mol. The quantitative estimate of drug-likeness (QED) is 0.484. The van der Waals surface area contributed by atoms with Gasteiger partial charge in [-0.3, -0.25) is 9.59 Å². The van der Waals surface area contributed by atoms with Gasteiger partial charge in [0.2, 0.25) is 11.8 Å². The Morgan fingerprint density at radius 1 is 0.714 bits per heavy atom. The van der Waals surface area contributed by atoms with E-state index in [9.17, 15) is 9.59 Å². The number of amides is 2. The molecule has 5 nitrogen and oxygen atoms in total. The van der Waals surface area contributed by atoms with Crippen molar-refractivity contribution in [2.45, 2.75) is 65.2 Å². The molecule has 0 unspecified atom stereocenters. The monoisotopic (exact) mass is 300 g/mol. The highest BCUT2D eigenvalue weighted by atomic mass is 16.5. The molecule has 0 aromatic carbocycles. The van der Waals surface area contributed by atoms with Crippen LogP contribution in [0.3, 0.4) is 0 Å². The zero-order valence-corrected chi connectivity index (χ0v) is 13.7. The number of carbonyl (C=O) groups excluding carboxylic acids is 2. The number of hydrogen-bond acceptors (Lipinski definition) is 3. The Hall–Kier alpha value is -1.10. The Bertz CT molecular complexity index is 244. The number of nitrogens with one attached hydrogen (secondary N) is 2. The molecule has 0 heterocycles. The van der Waals surface area contributed by atoms with Gasteiger partial charge in [0.15, 0.2) is 0 Å². The van der Waals surface area contributed by atoms with Crippen LogP contribution in [-0.2, 0) is 14.3 Å². The summed E-state index contributed by atoms with van der Waals surface area (Å²) >= 11 is 0. The first kappa shape index (κ1) is 19.9. The fraction of sp³-hybridized carbons (Fsp3) is 0.875. The van der Waals surface area contributed by atoms with Crippen molar-refractivity contribution in [1.29, 1.82) is 0 Å². The van der Waals surface area contributed by atoms with Gasteiger partial charge in [0.05, 0.1) is 0 Å². The van der Waals surface area contributed by atoms with Crippen LogP contribution in [0.25, 0.3) is 0 Å². The first-order chi connectivity index (χ1) is 10.2. The number of unbranched alkanes of at least 4 members (excludes halogenated alkanes) is 6. The van der Waals surface area contributed by atoms with Gasteiger partial charge >= 0.3 is 0 Å². The first-order valence-corrected chi connectivity index (χ1v) is 8.31. The lowest BCUT2D eigenvalue weighted by Gasteiger charge is -2.07. The number of hydrogen-bond donors (Lipinski definition) is 2. The summed E-state index contributed by atoms with van der Waals surface area (Å²) < 4.78 is 5.09. The van der Waals surface area contributed by atoms with E-state index in [4.69, 9.17) is 4.74 Å². The molecule has 0 atom stereocenters. The van der Waals surface area contributed by atoms with Crippen LogP contribution in [-0.4, -0.2) is 38.1 Å². The molecule has 0 spiro atoms. The molecular weight excluding hydrogens is 268 g/mol. The van der Waals surface area contributed by atoms with Gasteiger partial charge in [-0.25, -0.2) is 0 Å². The van der Waals surface area contributed by atoms with E-state index in [2.05, 4.69) is 24.5 Å². The molecule has 0 aromatic rings. The van der Waals surface area contributed by atoms with Crippen molar-refractivity contribution < 1.29 is 14.3 Å². The minimum absolute atomic E-state index is 0.0446. The van der Waals surface area contributed by atoms with E-state index in [-0.39, 0.29) is 25.0 Å². The van der Waals surface area contributed by atoms with E-state index in [0.29, 0.717) is 13.1 Å². The summed E-state index contributed by atoms with van der Waals surface area (Å²) in [5.74, 6) is -0.301. The highest BCUT2D eigenvalue weighted by Crippen LogP contribution is 1.97. The highest BCUT2D eigenvalue weighted by molar-refractivity contribution is 5.79. The first-order valence-electron chi connectivity index (χ1n) is 8.31. The Labute approximate surface area is 129 Å². The van der Waals surface area contributed by atoms with Gasteiger partial charge in [-0.1, -0.05) is 52.4 Å². The third-order valence-electron chi connectivity index (χ3n) is 3.17. The summed E-state index contributed by atoms with van der Waals surface area (Å²) in [7, 11) is 0. The number of ether oxygens (including phenoxy) is 1. The van der Waals surface area contributed by atoms with Gasteiger partial charge < -0.3 is 15.4 Å². The van der Waals surface area contributed by atoms with Gasteiger partial charge in [0.25, 0.3) is 0 Å². The largest absolute Gasteiger partial charge is 0.362 e. The van der Waals surface area contributed by atoms with Crippen LogP contribution in [0.15, 0.2) is 0 Å². The van der Waals surface area contributed by atoms with E-state index in [0.717, 1.165) is 25.7 Å². The second-order valence-electron chi connectivity index (χ2n) is 5.31. The molecule has 0 aliphatic rings. The molecule has 0 aliphatic heterocycles. The van der Waals surface area contributed by atoms with E-state index in [1.165, 1.54) is 25.7 Å². The summed E-state index contributed by atoms with van der Waals surface area (Å²) in [6, 6.07) is 0. The molecule has 0 radical (unpaired) electrons. The highest BCUT2D eigenvalue weighted by Gasteiger charge is 2.04. The van der Waals surface area contributed by atoms with E-state index in [1.54, 1.807) is 0 Å². The molecule has 0 aromatic heterocycles. The van der Waals surface area contributed by atoms with Crippen molar-refractivity contribution in [2.75, 3.05) is 26.3 Å². The van der Waals surface area contributed by atoms with E-state index >= 15 is 0 Å². The van der Waals surface area contributed by atoms with Gasteiger partial charge in [-0.15, -0.1) is 0 Å². The maximum absolute atomic E-state index is 11.4. The predicted molar refractivity (Wildman–Crippen MR) is 85.1 cm³/mol. The average Bonchev–Trinajstić information content (AvgIpc) is 2.47. The third kappa shape index (κ3) is 15.1. The van der Waals surface area contributed by atoms with Crippen molar-refractivity contribution >= 4 is 11.8 Å². The van der Waals surface area contributed by atoms with Crippen molar-refractivity contribution in [3.05, 3.63) is 0 Å². The lowest BCUT2D eigenvalue weighted by Crippen LogP contribution is -2.32. The second-order valence-corrected chi connectivity index (χ2v) is 5.31. The molecule has 2 N–H and O–H groups in total. The van der Waals surface area contributed by atoms with Crippen LogP contribution < -0.4 is 10.6 Å². The van der Waals surface area contributed by atoms with Crippen LogP contribution >= 0.6 is 0 Å². The molecule has 0 saturated carbocycles. The number of rotatable bonds is 14. The second kappa shape index (κ2) is 15.3. The summed E-state index contributed by atoms with van der Waals surface area (Å²) in [5, 5.41) is 5.57. The van der Waals surface area contributed by atoms with Crippen molar-refractivity contribution in [2.24, 2.45) is 0 Å². The molecule has 5 heteroatoms. The van der Waals surface area contributed by atoms with Crippen LogP contribution in [0.4, 0.5) is 0 Å². The number of carbonyl (C=O) groups is 2. The van der Waals surface area contributed by atoms with Gasteiger partial charge in [0.1, 0.15) is 13.2 Å². The minimum atomic E-state index is -0.151. The standard InChI is InChI=1S/C16H32N2O3/c1-3-5-7-9-11-17-15(19)13-21-14-16(20)18-12-10-8-6-4-2/h3-14H2,1-2H3,(H,17,19)(H,18,20). The fourth-order valence-corrected chi connectivity index (χ4v) is 1.90. The van der Waals surface area contributed by atoms with Crippen molar-refractivity contribution in [3.63, 3.8) is 0 Å². The molecule has 0 fully saturated rings. The SMILES string of the molecule is CCCCCCNC(=O)COCC(=O)NCCCCCC. The molecule has 21 heavy (non-hydrogen) atoms. The normalized spacial score (nSPS) is 10.4. The Kier molecular flexibility index (Phi) is 14.5. The maximum Gasteiger partial charge on any atom is 0.246 e. The topological polar surface area (TPSA) is 67.4 Å². The molecule has 2 amide bonds. The van der Waals surface area contributed by atoms with Gasteiger partial charge in [-0.2, -0.15) is 0 Å². The Morgan fingerprint density at radius 3 is 1.52 bits per heavy atom. The lowest BCUT2D eigenvalue weighted by atomic mass is 10.2. The van der Waals surface area contributed by atoms with Crippen LogP contribution in [0.5, 0.6) is 0 Å². The lowest BCUT2D eigenvalue weighted by molar-refractivity contribution is -0.130. The van der Waals surface area contributed by atoms with Gasteiger partial charge in [-0.05, 0) is 12.8 Å². The van der Waals surface area contributed by atoms with Crippen LogP contribution in [0, 0.1) is 0 Å². The van der Waals surface area contributed by atoms with Crippen molar-refractivity contribution in [1.82, 2.24) is 10.6 Å². The van der Waals surface area contributed by atoms with E-state index in [1.807, 2.05) is 0 Å². The van der Waals surface area contributed by atoms with Gasteiger partial charge in [0, 0.05) is 13.1 Å². The van der Waals surface area contributed by atoms with Crippen LogP contribution in [0.2, 0.25) is 0 Å². The molecule has 0 saturated heterocycles. The summed E-state index contributed by atoms with van der Waals surface area (Å²) in [4.78, 5) is 22.8. The van der Waals surface area contributed by atoms with E-state index < -0.39 is 0 Å². The summed E-state index contributed by atoms with van der Waals surface area (Å²) in [5.41, 5.74) is 0. The Morgan fingerprint density at radius 2 is 1.14 bits per heavy atom. The molecule has 0 rings (SSSR count). The Balaban J connectivity index is 3.34. The van der Waals surface area contributed by atoms with Crippen LogP contribution in [0.1, 0.15) is 65.2 Å². The fourth-order valence-electron chi connectivity index (χ4n) is 1.90. The molecular formula is C16H32N2O3. The zero-order valence-electron chi connectivity index (χ0n) is 13.7. The summed E-state index contributed by atoms with van der Waals surface area (Å²) in [6.45, 7) is 5.59. The molecule has 0 bridgehead atoms. The third-order valence-corrected chi connectivity index (χ3v) is 3.17. The predicted octanol–water partition coefficient (Wildman–Crippen LogP) is 2.40. The maximum atomic E-state index is 11.4. The smallest absolute Gasteiger partial charge is 0.246 e. The zero-order chi connectivity index (χ0) is 15.8. The molecule has 124 valence electrons. The summed E-state index contributed by atoms with van der Waals surface area (Å²) in [6.07, 6.45) is 9.04. The van der Waals surface area contributed by atoms with Crippen molar-refractivity contribution in [3.8, 4) is 0 Å². The minimum Gasteiger partial charge on any atom is -0.362 e. The molecule has 0 aliphatic carbocycles.